The van der Waals surface area contributed by atoms with E-state index in [0.29, 0.717) is 25.4 Å². The number of carboxylic acids is 1. The van der Waals surface area contributed by atoms with Crippen molar-refractivity contribution in [2.75, 3.05) is 18.5 Å². The largest absolute Gasteiger partial charge is 0.480 e. The van der Waals surface area contributed by atoms with Crippen LogP contribution in [-0.2, 0) is 47.1 Å². The van der Waals surface area contributed by atoms with Crippen molar-refractivity contribution in [3.8, 4) is 0 Å². The van der Waals surface area contributed by atoms with E-state index in [1.165, 1.54) is 17.5 Å². The summed E-state index contributed by atoms with van der Waals surface area (Å²) in [7, 11) is 1.88. The molecule has 5 rings (SSSR count). The highest BCUT2D eigenvalue weighted by molar-refractivity contribution is 5.85. The third kappa shape index (κ3) is 5.72. The number of carboxylic acid groups (broad SMARTS) is 1. The molecule has 1 saturated carbocycles. The Morgan fingerprint density at radius 1 is 1.28 bits per heavy atom. The quantitative estimate of drug-likeness (QED) is 0.464. The average Bonchev–Trinajstić information content (AvgIpc) is 3.23. The molecule has 194 valence electrons. The molecule has 0 aromatic carbocycles. The Hall–Kier alpha value is -2.94. The summed E-state index contributed by atoms with van der Waals surface area (Å²) < 4.78 is 7.75. The molecule has 0 radical (unpaired) electrons. The first-order valence-electron chi connectivity index (χ1n) is 13.3. The van der Waals surface area contributed by atoms with Crippen molar-refractivity contribution in [2.45, 2.75) is 76.4 Å². The van der Waals surface area contributed by atoms with Gasteiger partial charge < -0.3 is 20.5 Å². The predicted octanol–water partition coefficient (Wildman–Crippen LogP) is 2.67. The van der Waals surface area contributed by atoms with Crippen molar-refractivity contribution in [1.82, 2.24) is 20.1 Å². The normalized spacial score (nSPS) is 23.5. The molecule has 1 amide bonds. The number of nitrogens with zero attached hydrogens (tertiary/aromatic N) is 3. The van der Waals surface area contributed by atoms with Crippen LogP contribution in [0, 0.1) is 11.8 Å². The Morgan fingerprint density at radius 3 is 2.97 bits per heavy atom. The zero-order valence-electron chi connectivity index (χ0n) is 21.0. The van der Waals surface area contributed by atoms with Gasteiger partial charge in [0.1, 0.15) is 11.9 Å². The maximum Gasteiger partial charge on any atom is 0.326 e. The molecule has 3 N–H and O–H groups in total. The van der Waals surface area contributed by atoms with Gasteiger partial charge in [0.2, 0.25) is 5.91 Å². The van der Waals surface area contributed by atoms with Gasteiger partial charge >= 0.3 is 5.97 Å². The van der Waals surface area contributed by atoms with Crippen LogP contribution >= 0.6 is 0 Å². The molecule has 0 spiro atoms. The number of aliphatic carboxylic acids is 1. The Kier molecular flexibility index (Phi) is 7.55. The van der Waals surface area contributed by atoms with E-state index in [0.717, 1.165) is 62.3 Å². The number of hydrogen-bond donors (Lipinski definition) is 3. The molecule has 1 unspecified atom stereocenters. The van der Waals surface area contributed by atoms with Crippen LogP contribution < -0.4 is 10.6 Å². The summed E-state index contributed by atoms with van der Waals surface area (Å²) in [6.45, 7) is 1.34. The summed E-state index contributed by atoms with van der Waals surface area (Å²) in [4.78, 5) is 29.3. The van der Waals surface area contributed by atoms with E-state index in [4.69, 9.17) is 9.72 Å². The second kappa shape index (κ2) is 11.0. The van der Waals surface area contributed by atoms with Crippen LogP contribution in [0.2, 0.25) is 0 Å². The van der Waals surface area contributed by atoms with Crippen LogP contribution in [0.1, 0.15) is 61.0 Å². The monoisotopic (exact) mass is 495 g/mol. The highest BCUT2D eigenvalue weighted by Crippen LogP contribution is 2.34. The fourth-order valence-electron chi connectivity index (χ4n) is 5.68. The fraction of sp³-hybridized carbons (Fsp3) is 0.630. The minimum Gasteiger partial charge on any atom is -0.480 e. The van der Waals surface area contributed by atoms with Crippen molar-refractivity contribution in [3.63, 3.8) is 0 Å². The summed E-state index contributed by atoms with van der Waals surface area (Å²) >= 11 is 0. The Labute approximate surface area is 212 Å². The van der Waals surface area contributed by atoms with Gasteiger partial charge in [-0.05, 0) is 74.5 Å². The number of rotatable bonds is 10. The van der Waals surface area contributed by atoms with Gasteiger partial charge in [0, 0.05) is 50.3 Å². The summed E-state index contributed by atoms with van der Waals surface area (Å²) in [6, 6.07) is 3.44. The van der Waals surface area contributed by atoms with Gasteiger partial charge in [0.25, 0.3) is 0 Å². The highest BCUT2D eigenvalue weighted by Gasteiger charge is 2.32. The van der Waals surface area contributed by atoms with E-state index < -0.39 is 12.0 Å². The van der Waals surface area contributed by atoms with E-state index in [1.807, 2.05) is 17.9 Å². The molecule has 1 fully saturated rings. The molecule has 0 bridgehead atoms. The number of amides is 1. The molecule has 2 aliphatic carbocycles. The molecular formula is C27H37N5O4. The standard InChI is InChI=1S/C27H37N5O4/c1-32-24-15-19(5-6-20(24)16-29-32)26(33)31-23(27(34)35)10-12-36-22-13-17(14-22)4-8-21-9-7-18-3-2-11-28-25(18)30-21/h7,9,16-17,19,22-23H,2-6,8,10-15H2,1H3,(H,28,30)(H,31,33)(H,34,35)/t17?,19?,22?,23-/m0/s1. The van der Waals surface area contributed by atoms with E-state index >= 15 is 0 Å². The van der Waals surface area contributed by atoms with Crippen LogP contribution in [0.15, 0.2) is 18.3 Å². The molecular weight excluding hydrogens is 458 g/mol. The van der Waals surface area contributed by atoms with Crippen LogP contribution in [0.25, 0.3) is 0 Å². The van der Waals surface area contributed by atoms with Gasteiger partial charge in [0.15, 0.2) is 0 Å². The number of aryl methyl sites for hydroxylation is 4. The molecule has 1 aliphatic heterocycles. The molecule has 3 heterocycles. The van der Waals surface area contributed by atoms with Gasteiger partial charge in [-0.1, -0.05) is 6.07 Å². The zero-order valence-corrected chi connectivity index (χ0v) is 21.0. The molecule has 2 atom stereocenters. The number of aromatic nitrogens is 3. The first kappa shape index (κ1) is 24.7. The number of carbonyl (C=O) groups excluding carboxylic acids is 1. The first-order chi connectivity index (χ1) is 17.5. The Balaban J connectivity index is 1.00. The second-order valence-electron chi connectivity index (χ2n) is 10.6. The van der Waals surface area contributed by atoms with Crippen molar-refractivity contribution in [3.05, 3.63) is 40.8 Å². The number of carbonyl (C=O) groups is 2. The Bertz CT molecular complexity index is 1090. The van der Waals surface area contributed by atoms with Crippen LogP contribution in [0.3, 0.4) is 0 Å². The first-order valence-corrected chi connectivity index (χ1v) is 13.3. The molecule has 2 aromatic rings. The van der Waals surface area contributed by atoms with E-state index in [1.54, 1.807) is 0 Å². The van der Waals surface area contributed by atoms with Crippen LogP contribution in [0.5, 0.6) is 0 Å². The molecule has 9 heteroatoms. The van der Waals surface area contributed by atoms with Gasteiger partial charge in [-0.15, -0.1) is 0 Å². The van der Waals surface area contributed by atoms with E-state index in [-0.39, 0.29) is 24.3 Å². The lowest BCUT2D eigenvalue weighted by Gasteiger charge is -2.35. The lowest BCUT2D eigenvalue weighted by molar-refractivity contribution is -0.143. The van der Waals surface area contributed by atoms with Gasteiger partial charge in [-0.2, -0.15) is 5.10 Å². The van der Waals surface area contributed by atoms with Crippen LogP contribution in [0.4, 0.5) is 5.82 Å². The number of nitrogens with one attached hydrogen (secondary N) is 2. The van der Waals surface area contributed by atoms with Gasteiger partial charge in [0.05, 0.1) is 12.3 Å². The molecule has 36 heavy (non-hydrogen) atoms. The van der Waals surface area contributed by atoms with E-state index in [2.05, 4.69) is 27.9 Å². The van der Waals surface area contributed by atoms with Crippen molar-refractivity contribution in [2.24, 2.45) is 18.9 Å². The maximum atomic E-state index is 12.8. The average molecular weight is 496 g/mol. The van der Waals surface area contributed by atoms with E-state index in [9.17, 15) is 14.7 Å². The topological polar surface area (TPSA) is 118 Å². The van der Waals surface area contributed by atoms with Crippen LogP contribution in [-0.4, -0.2) is 57.0 Å². The minimum absolute atomic E-state index is 0.180. The lowest BCUT2D eigenvalue weighted by Crippen LogP contribution is -2.45. The summed E-state index contributed by atoms with van der Waals surface area (Å²) in [5, 5.41) is 20.0. The number of hydrogen-bond acceptors (Lipinski definition) is 6. The summed E-state index contributed by atoms with van der Waals surface area (Å²) in [5.74, 6) is 0.257. The highest BCUT2D eigenvalue weighted by atomic mass is 16.5. The molecule has 2 aromatic heterocycles. The molecule has 9 nitrogen and oxygen atoms in total. The number of anilines is 1. The Morgan fingerprint density at radius 2 is 2.14 bits per heavy atom. The zero-order chi connectivity index (χ0) is 25.1. The smallest absolute Gasteiger partial charge is 0.326 e. The van der Waals surface area contributed by atoms with Gasteiger partial charge in [-0.25, -0.2) is 9.78 Å². The number of fused-ring (bicyclic) bond motifs is 2. The van der Waals surface area contributed by atoms with Crippen molar-refractivity contribution >= 4 is 17.7 Å². The summed E-state index contributed by atoms with van der Waals surface area (Å²) in [5.41, 5.74) is 4.71. The third-order valence-corrected chi connectivity index (χ3v) is 8.05. The fourth-order valence-corrected chi connectivity index (χ4v) is 5.68. The SMILES string of the molecule is Cn1ncc2c1CC(C(=O)N[C@@H](CCOC1CC(CCc3ccc4c(n3)NCCC4)C1)C(=O)O)CC2. The van der Waals surface area contributed by atoms with Gasteiger partial charge in [-0.3, -0.25) is 9.48 Å². The van der Waals surface area contributed by atoms with Crippen molar-refractivity contribution in [1.29, 1.82) is 0 Å². The third-order valence-electron chi connectivity index (χ3n) is 8.05. The number of pyridine rings is 1. The minimum atomic E-state index is -1.01. The molecule has 0 saturated heterocycles. The number of ether oxygens (including phenoxy) is 1. The maximum absolute atomic E-state index is 12.8. The summed E-state index contributed by atoms with van der Waals surface area (Å²) in [6.07, 6.45) is 10.8. The molecule has 3 aliphatic rings. The predicted molar refractivity (Wildman–Crippen MR) is 135 cm³/mol. The lowest BCUT2D eigenvalue weighted by atomic mass is 9.79. The van der Waals surface area contributed by atoms with Crippen molar-refractivity contribution < 1.29 is 19.4 Å². The second-order valence-corrected chi connectivity index (χ2v) is 10.6.